The number of hydrogen-bond donors (Lipinski definition) is 1. The van der Waals surface area contributed by atoms with Crippen molar-refractivity contribution in [3.8, 4) is 0 Å². The van der Waals surface area contributed by atoms with Crippen LogP contribution in [0, 0.1) is 5.92 Å². The minimum absolute atomic E-state index is 0.0463. The Balaban J connectivity index is 2.55. The summed E-state index contributed by atoms with van der Waals surface area (Å²) < 4.78 is 5.67. The van der Waals surface area contributed by atoms with Gasteiger partial charge in [0.15, 0.2) is 0 Å². The van der Waals surface area contributed by atoms with Crippen LogP contribution < -0.4 is 5.32 Å². The molecule has 1 aliphatic heterocycles. The third kappa shape index (κ3) is 1.50. The van der Waals surface area contributed by atoms with E-state index in [4.69, 9.17) is 4.74 Å². The molecule has 2 heteroatoms. The van der Waals surface area contributed by atoms with E-state index in [1.165, 1.54) is 0 Å². The molecule has 0 aliphatic carbocycles. The Morgan fingerprint density at radius 1 is 1.40 bits per heavy atom. The highest BCUT2D eigenvalue weighted by molar-refractivity contribution is 4.82. The SMILES string of the molecule is C[C@H]1NC[C@H](C)C(C)(C)O1. The van der Waals surface area contributed by atoms with Gasteiger partial charge in [0.1, 0.15) is 6.23 Å². The Morgan fingerprint density at radius 3 is 2.40 bits per heavy atom. The minimum atomic E-state index is 0.0463. The second kappa shape index (κ2) is 2.51. The fourth-order valence-corrected chi connectivity index (χ4v) is 1.20. The third-order valence-electron chi connectivity index (χ3n) is 2.38. The number of rotatable bonds is 0. The topological polar surface area (TPSA) is 21.3 Å². The standard InChI is InChI=1S/C8H17NO/c1-6-5-9-7(2)10-8(6,3)4/h6-7,9H,5H2,1-4H3/t6-,7-/m0/s1. The van der Waals surface area contributed by atoms with Gasteiger partial charge in [0.05, 0.1) is 5.60 Å². The molecule has 60 valence electrons. The van der Waals surface area contributed by atoms with Gasteiger partial charge in [-0.15, -0.1) is 0 Å². The lowest BCUT2D eigenvalue weighted by Crippen LogP contribution is -2.51. The van der Waals surface area contributed by atoms with E-state index in [9.17, 15) is 0 Å². The first kappa shape index (κ1) is 8.02. The van der Waals surface area contributed by atoms with Gasteiger partial charge in [0.25, 0.3) is 0 Å². The van der Waals surface area contributed by atoms with Gasteiger partial charge in [0.2, 0.25) is 0 Å². The molecule has 1 rings (SSSR count). The largest absolute Gasteiger partial charge is 0.357 e. The van der Waals surface area contributed by atoms with Crippen LogP contribution in [-0.2, 0) is 4.74 Å². The lowest BCUT2D eigenvalue weighted by atomic mass is 9.91. The molecular formula is C8H17NO. The molecule has 0 aromatic carbocycles. The van der Waals surface area contributed by atoms with Crippen LogP contribution in [-0.4, -0.2) is 18.4 Å². The van der Waals surface area contributed by atoms with Crippen LogP contribution in [0.5, 0.6) is 0 Å². The predicted molar refractivity (Wildman–Crippen MR) is 41.8 cm³/mol. The molecule has 0 radical (unpaired) electrons. The van der Waals surface area contributed by atoms with E-state index in [0.717, 1.165) is 6.54 Å². The summed E-state index contributed by atoms with van der Waals surface area (Å²) in [7, 11) is 0. The van der Waals surface area contributed by atoms with Crippen molar-refractivity contribution < 1.29 is 4.74 Å². The fourth-order valence-electron chi connectivity index (χ4n) is 1.20. The van der Waals surface area contributed by atoms with Gasteiger partial charge in [-0.2, -0.15) is 0 Å². The molecule has 1 N–H and O–H groups in total. The van der Waals surface area contributed by atoms with Gasteiger partial charge >= 0.3 is 0 Å². The van der Waals surface area contributed by atoms with Crippen molar-refractivity contribution in [2.75, 3.05) is 6.54 Å². The van der Waals surface area contributed by atoms with Crippen LogP contribution in [0.2, 0.25) is 0 Å². The molecule has 0 unspecified atom stereocenters. The van der Waals surface area contributed by atoms with Gasteiger partial charge in [-0.1, -0.05) is 6.92 Å². The van der Waals surface area contributed by atoms with Gasteiger partial charge in [-0.05, 0) is 26.7 Å². The van der Waals surface area contributed by atoms with Crippen LogP contribution in [0.15, 0.2) is 0 Å². The van der Waals surface area contributed by atoms with Crippen molar-refractivity contribution in [2.24, 2.45) is 5.92 Å². The Kier molecular flexibility index (Phi) is 2.02. The van der Waals surface area contributed by atoms with Crippen molar-refractivity contribution in [1.29, 1.82) is 0 Å². The average molecular weight is 143 g/mol. The summed E-state index contributed by atoms with van der Waals surface area (Å²) >= 11 is 0. The maximum Gasteiger partial charge on any atom is 0.106 e. The molecule has 2 nitrogen and oxygen atoms in total. The van der Waals surface area contributed by atoms with Crippen molar-refractivity contribution in [2.45, 2.75) is 39.5 Å². The first-order chi connectivity index (χ1) is 4.52. The molecule has 2 atom stereocenters. The molecule has 1 heterocycles. The second-order valence-corrected chi connectivity index (χ2v) is 3.67. The van der Waals surface area contributed by atoms with Gasteiger partial charge in [0, 0.05) is 6.54 Å². The van der Waals surface area contributed by atoms with Crippen LogP contribution in [0.25, 0.3) is 0 Å². The Labute approximate surface area is 63.0 Å². The molecule has 0 aromatic rings. The van der Waals surface area contributed by atoms with Gasteiger partial charge < -0.3 is 4.74 Å². The smallest absolute Gasteiger partial charge is 0.106 e. The fraction of sp³-hybridized carbons (Fsp3) is 1.00. The summed E-state index contributed by atoms with van der Waals surface area (Å²) in [4.78, 5) is 0. The lowest BCUT2D eigenvalue weighted by Gasteiger charge is -2.40. The van der Waals surface area contributed by atoms with E-state index in [1.54, 1.807) is 0 Å². The Morgan fingerprint density at radius 2 is 2.00 bits per heavy atom. The normalized spacial score (nSPS) is 39.6. The lowest BCUT2D eigenvalue weighted by molar-refractivity contribution is -0.136. The highest BCUT2D eigenvalue weighted by Gasteiger charge is 2.32. The summed E-state index contributed by atoms with van der Waals surface area (Å²) in [6.45, 7) is 9.62. The minimum Gasteiger partial charge on any atom is -0.357 e. The van der Waals surface area contributed by atoms with E-state index < -0.39 is 0 Å². The maximum absolute atomic E-state index is 5.67. The van der Waals surface area contributed by atoms with E-state index in [0.29, 0.717) is 5.92 Å². The highest BCUT2D eigenvalue weighted by Crippen LogP contribution is 2.24. The van der Waals surface area contributed by atoms with Crippen LogP contribution in [0.3, 0.4) is 0 Å². The Hall–Kier alpha value is -0.0800. The average Bonchev–Trinajstić information content (AvgIpc) is 1.78. The van der Waals surface area contributed by atoms with E-state index in [-0.39, 0.29) is 11.8 Å². The third-order valence-corrected chi connectivity index (χ3v) is 2.38. The second-order valence-electron chi connectivity index (χ2n) is 3.67. The molecule has 0 aromatic heterocycles. The molecule has 1 aliphatic rings. The summed E-state index contributed by atoms with van der Waals surface area (Å²) in [5.74, 6) is 0.601. The molecule has 0 amide bonds. The summed E-state index contributed by atoms with van der Waals surface area (Å²) in [6.07, 6.45) is 0.214. The van der Waals surface area contributed by atoms with Gasteiger partial charge in [-0.25, -0.2) is 0 Å². The van der Waals surface area contributed by atoms with E-state index in [1.807, 2.05) is 6.92 Å². The molecule has 1 fully saturated rings. The Bertz CT molecular complexity index is 122. The quantitative estimate of drug-likeness (QED) is 0.553. The number of nitrogens with one attached hydrogen (secondary N) is 1. The molecule has 1 saturated heterocycles. The predicted octanol–water partition coefficient (Wildman–Crippen LogP) is 1.37. The molecular weight excluding hydrogens is 126 g/mol. The van der Waals surface area contributed by atoms with Crippen molar-refractivity contribution >= 4 is 0 Å². The zero-order valence-electron chi connectivity index (χ0n) is 7.27. The maximum atomic E-state index is 5.67. The van der Waals surface area contributed by atoms with Crippen molar-refractivity contribution in [1.82, 2.24) is 5.32 Å². The molecule has 0 saturated carbocycles. The zero-order chi connectivity index (χ0) is 7.78. The van der Waals surface area contributed by atoms with Crippen LogP contribution in [0.4, 0.5) is 0 Å². The van der Waals surface area contributed by atoms with E-state index in [2.05, 4.69) is 26.1 Å². The zero-order valence-corrected chi connectivity index (χ0v) is 7.27. The molecule has 0 bridgehead atoms. The first-order valence-electron chi connectivity index (χ1n) is 3.93. The number of hydrogen-bond acceptors (Lipinski definition) is 2. The summed E-state index contributed by atoms with van der Waals surface area (Å²) in [6, 6.07) is 0. The van der Waals surface area contributed by atoms with E-state index >= 15 is 0 Å². The van der Waals surface area contributed by atoms with Crippen LogP contribution in [0.1, 0.15) is 27.7 Å². The number of ether oxygens (including phenoxy) is 1. The van der Waals surface area contributed by atoms with Crippen molar-refractivity contribution in [3.05, 3.63) is 0 Å². The molecule has 0 spiro atoms. The van der Waals surface area contributed by atoms with Gasteiger partial charge in [-0.3, -0.25) is 5.32 Å². The van der Waals surface area contributed by atoms with Crippen LogP contribution >= 0.6 is 0 Å². The highest BCUT2D eigenvalue weighted by atomic mass is 16.5. The van der Waals surface area contributed by atoms with Crippen molar-refractivity contribution in [3.63, 3.8) is 0 Å². The first-order valence-corrected chi connectivity index (χ1v) is 3.93. The monoisotopic (exact) mass is 143 g/mol. The summed E-state index contributed by atoms with van der Waals surface area (Å²) in [5, 5.41) is 3.27. The molecule has 10 heavy (non-hydrogen) atoms. The summed E-state index contributed by atoms with van der Waals surface area (Å²) in [5.41, 5.74) is 0.0463.